The molecule has 22 heavy (non-hydrogen) atoms. The molecule has 0 saturated carbocycles. The quantitative estimate of drug-likeness (QED) is 0.490. The normalized spacial score (nSPS) is 10.5. The number of nitrogens with zero attached hydrogens (tertiary/aromatic N) is 1. The summed E-state index contributed by atoms with van der Waals surface area (Å²) in [6.45, 7) is -0.517. The van der Waals surface area contributed by atoms with Gasteiger partial charge in [0.15, 0.2) is 12.6 Å². The summed E-state index contributed by atoms with van der Waals surface area (Å²) in [5.41, 5.74) is 5.82. The van der Waals surface area contributed by atoms with Crippen LogP contribution in [0.1, 0.15) is 10.5 Å². The average Bonchev–Trinajstić information content (AvgIpc) is 2.76. The maximum absolute atomic E-state index is 12.0. The van der Waals surface area contributed by atoms with E-state index in [9.17, 15) is 9.59 Å². The zero-order valence-electron chi connectivity index (χ0n) is 11.5. The molecule has 2 rings (SSSR count). The first-order valence-electron chi connectivity index (χ1n) is 6.09. The molecule has 0 saturated heterocycles. The molecule has 0 aliphatic heterocycles. The summed E-state index contributed by atoms with van der Waals surface area (Å²) in [6, 6.07) is 4.59. The lowest BCUT2D eigenvalue weighted by Crippen LogP contribution is -2.36. The van der Waals surface area contributed by atoms with Crippen LogP contribution in [0.4, 0.5) is 0 Å². The summed E-state index contributed by atoms with van der Waals surface area (Å²) in [7, 11) is 1.60. The van der Waals surface area contributed by atoms with Gasteiger partial charge < -0.3 is 20.1 Å². The van der Waals surface area contributed by atoms with E-state index >= 15 is 0 Å². The van der Waals surface area contributed by atoms with Crippen molar-refractivity contribution < 1.29 is 19.4 Å². The molecule has 9 heteroatoms. The Kier molecular flexibility index (Phi) is 4.22. The van der Waals surface area contributed by atoms with Crippen molar-refractivity contribution in [2.24, 2.45) is 12.8 Å². The number of carboxylic acid groups (broad SMARTS) is 1. The molecule has 1 heterocycles. The van der Waals surface area contributed by atoms with Crippen LogP contribution in [0.25, 0.3) is 10.9 Å². The number of hydrogen-bond acceptors (Lipinski definition) is 4. The average molecular weight is 325 g/mol. The van der Waals surface area contributed by atoms with Gasteiger partial charge in [-0.15, -0.1) is 0 Å². The van der Waals surface area contributed by atoms with Gasteiger partial charge in [0.1, 0.15) is 11.4 Å². The molecule has 0 aliphatic carbocycles. The Morgan fingerprint density at radius 3 is 2.77 bits per heavy atom. The topological polar surface area (TPSA) is 130 Å². The van der Waals surface area contributed by atoms with Crippen LogP contribution in [-0.2, 0) is 11.8 Å². The van der Waals surface area contributed by atoms with Gasteiger partial charge in [0.25, 0.3) is 5.91 Å². The minimum Gasteiger partial charge on any atom is -0.480 e. The summed E-state index contributed by atoms with van der Waals surface area (Å²) in [5.74, 6) is -1.90. The fraction of sp³-hybridized carbons (Fsp3) is 0.154. The third-order valence-electron chi connectivity index (χ3n) is 2.94. The van der Waals surface area contributed by atoms with E-state index in [1.165, 1.54) is 16.7 Å². The lowest BCUT2D eigenvalue weighted by atomic mass is 10.2. The molecule has 1 aromatic heterocycles. The molecule has 116 valence electrons. The molecule has 5 N–H and O–H groups in total. The number of aryl methyl sites for hydroxylation is 1. The second kappa shape index (κ2) is 5.94. The Balaban J connectivity index is 2.54. The number of ether oxygens (including phenoxy) is 1. The third kappa shape index (κ3) is 2.96. The Morgan fingerprint density at radius 2 is 2.18 bits per heavy atom. The van der Waals surface area contributed by atoms with Crippen molar-refractivity contribution in [2.45, 2.75) is 0 Å². The van der Waals surface area contributed by atoms with Crippen LogP contribution in [0, 0.1) is 5.41 Å². The highest BCUT2D eigenvalue weighted by Gasteiger charge is 2.19. The van der Waals surface area contributed by atoms with E-state index in [0.29, 0.717) is 15.9 Å². The number of carbonyl (C=O) groups excluding carboxylic acids is 1. The van der Waals surface area contributed by atoms with Gasteiger partial charge in [-0.3, -0.25) is 15.5 Å². The van der Waals surface area contributed by atoms with Crippen LogP contribution in [0.5, 0.6) is 5.75 Å². The number of fused-ring (bicyclic) bond motifs is 1. The van der Waals surface area contributed by atoms with Crippen LogP contribution >= 0.6 is 11.6 Å². The number of rotatable bonds is 4. The first-order valence-corrected chi connectivity index (χ1v) is 6.47. The largest absolute Gasteiger partial charge is 0.480 e. The lowest BCUT2D eigenvalue weighted by molar-refractivity contribution is -0.139. The van der Waals surface area contributed by atoms with E-state index in [-0.39, 0.29) is 11.4 Å². The number of aromatic nitrogens is 1. The zero-order chi connectivity index (χ0) is 16.4. The standard InChI is InChI=1S/C13H13ClN4O4/c1-18-8(12(21)17-13(15)16)4-6-7(14)2-3-9(11(6)18)22-5-10(19)20/h2-4H,5H2,1H3,(H,19,20)(H4,15,16,17,21). The maximum atomic E-state index is 12.0. The zero-order valence-corrected chi connectivity index (χ0v) is 12.3. The Hall–Kier alpha value is -2.74. The number of nitrogens with one attached hydrogen (secondary N) is 2. The van der Waals surface area contributed by atoms with E-state index in [0.717, 1.165) is 0 Å². The minimum absolute atomic E-state index is 0.207. The van der Waals surface area contributed by atoms with Gasteiger partial charge in [-0.25, -0.2) is 4.79 Å². The number of carboxylic acids is 1. The number of benzene rings is 1. The van der Waals surface area contributed by atoms with Crippen molar-refractivity contribution in [2.75, 3.05) is 6.61 Å². The van der Waals surface area contributed by atoms with Crippen LogP contribution < -0.4 is 15.8 Å². The molecular weight excluding hydrogens is 312 g/mol. The molecule has 0 radical (unpaired) electrons. The Morgan fingerprint density at radius 1 is 1.50 bits per heavy atom. The monoisotopic (exact) mass is 324 g/mol. The SMILES string of the molecule is Cn1c(C(=O)NC(=N)N)cc2c(Cl)ccc(OCC(=O)O)c21. The summed E-state index contributed by atoms with van der Waals surface area (Å²) in [6.07, 6.45) is 0. The van der Waals surface area contributed by atoms with E-state index in [1.54, 1.807) is 13.1 Å². The molecule has 0 spiro atoms. The van der Waals surface area contributed by atoms with E-state index in [2.05, 4.69) is 5.32 Å². The van der Waals surface area contributed by atoms with Gasteiger partial charge in [0.2, 0.25) is 0 Å². The van der Waals surface area contributed by atoms with Crippen molar-refractivity contribution in [3.63, 3.8) is 0 Å². The fourth-order valence-electron chi connectivity index (χ4n) is 2.06. The number of nitrogens with two attached hydrogens (primary N) is 1. The van der Waals surface area contributed by atoms with Gasteiger partial charge >= 0.3 is 5.97 Å². The molecule has 0 atom stereocenters. The van der Waals surface area contributed by atoms with Crippen molar-refractivity contribution in [1.29, 1.82) is 5.41 Å². The fourth-order valence-corrected chi connectivity index (χ4v) is 2.27. The van der Waals surface area contributed by atoms with Crippen LogP contribution in [0.15, 0.2) is 18.2 Å². The van der Waals surface area contributed by atoms with Gasteiger partial charge in [-0.1, -0.05) is 11.6 Å². The molecular formula is C13H13ClN4O4. The predicted molar refractivity (Wildman–Crippen MR) is 80.4 cm³/mol. The summed E-state index contributed by atoms with van der Waals surface area (Å²) < 4.78 is 6.71. The number of aliphatic carboxylic acids is 1. The first-order chi connectivity index (χ1) is 10.3. The molecule has 0 unspecified atom stereocenters. The van der Waals surface area contributed by atoms with Crippen LogP contribution in [0.3, 0.4) is 0 Å². The second-order valence-electron chi connectivity index (χ2n) is 4.45. The highest BCUT2D eigenvalue weighted by molar-refractivity contribution is 6.36. The van der Waals surface area contributed by atoms with Gasteiger partial charge in [0.05, 0.1) is 10.5 Å². The third-order valence-corrected chi connectivity index (χ3v) is 3.27. The number of carbonyl (C=O) groups is 2. The lowest BCUT2D eigenvalue weighted by Gasteiger charge is -2.09. The molecule has 8 nitrogen and oxygen atoms in total. The smallest absolute Gasteiger partial charge is 0.341 e. The van der Waals surface area contributed by atoms with Gasteiger partial charge in [-0.2, -0.15) is 0 Å². The second-order valence-corrected chi connectivity index (χ2v) is 4.85. The number of halogens is 1. The van der Waals surface area contributed by atoms with E-state index < -0.39 is 24.4 Å². The molecule has 1 amide bonds. The van der Waals surface area contributed by atoms with Crippen LogP contribution in [0.2, 0.25) is 5.02 Å². The van der Waals surface area contributed by atoms with E-state index in [4.69, 9.17) is 32.6 Å². The summed E-state index contributed by atoms with van der Waals surface area (Å²) in [5, 5.41) is 18.9. The van der Waals surface area contributed by atoms with Gasteiger partial charge in [-0.05, 0) is 18.2 Å². The number of amides is 1. The van der Waals surface area contributed by atoms with Gasteiger partial charge in [0, 0.05) is 12.4 Å². The highest BCUT2D eigenvalue weighted by Crippen LogP contribution is 2.33. The van der Waals surface area contributed by atoms with Crippen LogP contribution in [-0.4, -0.2) is 34.1 Å². The number of hydrogen-bond donors (Lipinski definition) is 4. The Bertz CT molecular complexity index is 784. The number of guanidine groups is 1. The molecule has 0 fully saturated rings. The maximum Gasteiger partial charge on any atom is 0.341 e. The highest BCUT2D eigenvalue weighted by atomic mass is 35.5. The minimum atomic E-state index is -1.12. The van der Waals surface area contributed by atoms with Crippen molar-refractivity contribution in [3.05, 3.63) is 28.9 Å². The van der Waals surface area contributed by atoms with Crippen molar-refractivity contribution in [3.8, 4) is 5.75 Å². The van der Waals surface area contributed by atoms with Crippen molar-refractivity contribution >= 4 is 40.3 Å². The van der Waals surface area contributed by atoms with E-state index in [1.807, 2.05) is 0 Å². The molecule has 1 aromatic carbocycles. The molecule has 0 aliphatic rings. The first kappa shape index (κ1) is 15.6. The predicted octanol–water partition coefficient (Wildman–Crippen LogP) is 0.918. The molecule has 2 aromatic rings. The van der Waals surface area contributed by atoms with Crippen molar-refractivity contribution in [1.82, 2.24) is 9.88 Å². The summed E-state index contributed by atoms with van der Waals surface area (Å²) >= 11 is 6.10. The Labute approximate surface area is 129 Å². The molecule has 0 bridgehead atoms. The summed E-state index contributed by atoms with van der Waals surface area (Å²) in [4.78, 5) is 22.6.